The molecule has 1 aromatic rings. The molecule has 1 atom stereocenters. The minimum Gasteiger partial charge on any atom is -0.480 e. The van der Waals surface area contributed by atoms with Gasteiger partial charge in [-0.05, 0) is 31.7 Å². The van der Waals surface area contributed by atoms with E-state index in [0.29, 0.717) is 26.2 Å². The van der Waals surface area contributed by atoms with Gasteiger partial charge in [-0.1, -0.05) is 6.07 Å². The summed E-state index contributed by atoms with van der Waals surface area (Å²) >= 11 is 0. The average Bonchev–Trinajstić information content (AvgIpc) is 2.46. The fraction of sp³-hybridized carbons (Fsp3) is 0.500. The van der Waals surface area contributed by atoms with E-state index in [4.69, 9.17) is 9.84 Å². The van der Waals surface area contributed by atoms with Crippen molar-refractivity contribution in [3.05, 3.63) is 35.1 Å². The summed E-state index contributed by atoms with van der Waals surface area (Å²) < 4.78 is 19.5. The molecule has 1 N–H and O–H groups in total. The number of amides is 1. The SMILES string of the molecule is Cc1ccc(C(=O)N2CCO[C@@H](CN(C)CC(=O)O)C2)c(F)c1. The molecule has 2 rings (SSSR count). The molecule has 1 saturated heterocycles. The summed E-state index contributed by atoms with van der Waals surface area (Å²) in [4.78, 5) is 26.3. The summed E-state index contributed by atoms with van der Waals surface area (Å²) in [6.07, 6.45) is -0.287. The van der Waals surface area contributed by atoms with Gasteiger partial charge in [-0.25, -0.2) is 4.39 Å². The van der Waals surface area contributed by atoms with Crippen molar-refractivity contribution in [1.29, 1.82) is 0 Å². The highest BCUT2D eigenvalue weighted by atomic mass is 19.1. The number of hydrogen-bond acceptors (Lipinski definition) is 4. The van der Waals surface area contributed by atoms with Gasteiger partial charge in [-0.15, -0.1) is 0 Å². The predicted octanol–water partition coefficient (Wildman–Crippen LogP) is 0.992. The van der Waals surface area contributed by atoms with Crippen molar-refractivity contribution in [2.45, 2.75) is 13.0 Å². The normalized spacial score (nSPS) is 18.3. The fourth-order valence-electron chi connectivity index (χ4n) is 2.62. The summed E-state index contributed by atoms with van der Waals surface area (Å²) in [6, 6.07) is 4.54. The third-order valence-corrected chi connectivity index (χ3v) is 3.70. The number of ether oxygens (including phenoxy) is 1. The van der Waals surface area contributed by atoms with E-state index >= 15 is 0 Å². The van der Waals surface area contributed by atoms with E-state index in [2.05, 4.69) is 0 Å². The molecule has 1 aliphatic rings. The van der Waals surface area contributed by atoms with Crippen LogP contribution in [0.5, 0.6) is 0 Å². The van der Waals surface area contributed by atoms with E-state index in [1.807, 2.05) is 0 Å². The molecule has 1 aliphatic heterocycles. The van der Waals surface area contributed by atoms with Gasteiger partial charge in [0.2, 0.25) is 0 Å². The Kier molecular flexibility index (Phi) is 5.68. The van der Waals surface area contributed by atoms with Crippen LogP contribution in [0.2, 0.25) is 0 Å². The van der Waals surface area contributed by atoms with Crippen molar-refractivity contribution in [1.82, 2.24) is 9.80 Å². The van der Waals surface area contributed by atoms with Gasteiger partial charge in [-0.2, -0.15) is 0 Å². The number of morpholine rings is 1. The second kappa shape index (κ2) is 7.52. The van der Waals surface area contributed by atoms with Crippen LogP contribution in [0.25, 0.3) is 0 Å². The van der Waals surface area contributed by atoms with Gasteiger partial charge in [0.1, 0.15) is 5.82 Å². The molecule has 0 aromatic heterocycles. The quantitative estimate of drug-likeness (QED) is 0.875. The molecule has 6 nitrogen and oxygen atoms in total. The molecular weight excluding hydrogens is 303 g/mol. The minimum absolute atomic E-state index is 0.0511. The summed E-state index contributed by atoms with van der Waals surface area (Å²) in [5.41, 5.74) is 0.810. The number of rotatable bonds is 5. The number of benzene rings is 1. The first-order valence-electron chi connectivity index (χ1n) is 7.44. The fourth-order valence-corrected chi connectivity index (χ4v) is 2.62. The van der Waals surface area contributed by atoms with Crippen molar-refractivity contribution in [3.63, 3.8) is 0 Å². The van der Waals surface area contributed by atoms with Crippen molar-refractivity contribution >= 4 is 11.9 Å². The Morgan fingerprint density at radius 1 is 1.48 bits per heavy atom. The lowest BCUT2D eigenvalue weighted by Crippen LogP contribution is -2.49. The van der Waals surface area contributed by atoms with Crippen molar-refractivity contribution < 1.29 is 23.8 Å². The van der Waals surface area contributed by atoms with Crippen LogP contribution >= 0.6 is 0 Å². The first-order chi connectivity index (χ1) is 10.9. The Hall–Kier alpha value is -1.99. The smallest absolute Gasteiger partial charge is 0.317 e. The van der Waals surface area contributed by atoms with Crippen LogP contribution in [0, 0.1) is 12.7 Å². The molecule has 0 spiro atoms. The number of likely N-dealkylation sites (N-methyl/N-ethyl adjacent to an activating group) is 1. The summed E-state index contributed by atoms with van der Waals surface area (Å²) in [7, 11) is 1.68. The van der Waals surface area contributed by atoms with Gasteiger partial charge < -0.3 is 14.7 Å². The third kappa shape index (κ3) is 4.74. The second-order valence-corrected chi connectivity index (χ2v) is 5.82. The molecule has 1 aromatic carbocycles. The molecule has 0 aliphatic carbocycles. The molecule has 1 amide bonds. The average molecular weight is 324 g/mol. The van der Waals surface area contributed by atoms with Gasteiger partial charge in [0.15, 0.2) is 0 Å². The molecule has 0 unspecified atom stereocenters. The molecule has 0 saturated carbocycles. The molecular formula is C16H21FN2O4. The topological polar surface area (TPSA) is 70.1 Å². The van der Waals surface area contributed by atoms with Crippen molar-refractivity contribution in [3.8, 4) is 0 Å². The standard InChI is InChI=1S/C16H21FN2O4/c1-11-3-4-13(14(17)7-11)16(22)19-5-6-23-12(9-19)8-18(2)10-15(20)21/h3-4,7,12H,5-6,8-10H2,1-2H3,(H,20,21)/t12-/m0/s1. The number of carboxylic acids is 1. The molecule has 0 bridgehead atoms. The highest BCUT2D eigenvalue weighted by molar-refractivity contribution is 5.94. The monoisotopic (exact) mass is 324 g/mol. The Morgan fingerprint density at radius 2 is 2.22 bits per heavy atom. The maximum atomic E-state index is 14.0. The second-order valence-electron chi connectivity index (χ2n) is 5.82. The number of nitrogens with zero attached hydrogens (tertiary/aromatic N) is 2. The lowest BCUT2D eigenvalue weighted by molar-refractivity contribution is -0.138. The van der Waals surface area contributed by atoms with E-state index < -0.39 is 11.8 Å². The van der Waals surface area contributed by atoms with Gasteiger partial charge in [0.05, 0.1) is 24.8 Å². The van der Waals surface area contributed by atoms with Gasteiger partial charge >= 0.3 is 5.97 Å². The Labute approximate surface area is 134 Å². The zero-order valence-corrected chi connectivity index (χ0v) is 13.3. The predicted molar refractivity (Wildman–Crippen MR) is 81.9 cm³/mol. The number of carbonyl (C=O) groups is 2. The van der Waals surface area contributed by atoms with Crippen LogP contribution < -0.4 is 0 Å². The maximum absolute atomic E-state index is 14.0. The van der Waals surface area contributed by atoms with Crippen LogP contribution in [0.3, 0.4) is 0 Å². The van der Waals surface area contributed by atoms with Crippen LogP contribution in [0.4, 0.5) is 4.39 Å². The van der Waals surface area contributed by atoms with Gasteiger partial charge in [-0.3, -0.25) is 14.5 Å². The molecule has 1 fully saturated rings. The van der Waals surface area contributed by atoms with E-state index in [-0.39, 0.29) is 24.1 Å². The first-order valence-corrected chi connectivity index (χ1v) is 7.44. The van der Waals surface area contributed by atoms with Crippen LogP contribution in [0.1, 0.15) is 15.9 Å². The molecule has 0 radical (unpaired) electrons. The molecule has 1 heterocycles. The molecule has 126 valence electrons. The van der Waals surface area contributed by atoms with Gasteiger partial charge in [0.25, 0.3) is 5.91 Å². The highest BCUT2D eigenvalue weighted by Gasteiger charge is 2.27. The lowest BCUT2D eigenvalue weighted by atomic mass is 10.1. The van der Waals surface area contributed by atoms with E-state index in [1.165, 1.54) is 12.1 Å². The molecule has 7 heteroatoms. The first kappa shape index (κ1) is 17.4. The van der Waals surface area contributed by atoms with Gasteiger partial charge in [0, 0.05) is 19.6 Å². The van der Waals surface area contributed by atoms with Crippen molar-refractivity contribution in [2.75, 3.05) is 39.8 Å². The number of hydrogen-bond donors (Lipinski definition) is 1. The van der Waals surface area contributed by atoms with E-state index in [9.17, 15) is 14.0 Å². The Balaban J connectivity index is 2.00. The summed E-state index contributed by atoms with van der Waals surface area (Å²) in [5, 5.41) is 8.77. The van der Waals surface area contributed by atoms with Crippen molar-refractivity contribution in [2.24, 2.45) is 0 Å². The number of aliphatic carboxylic acids is 1. The zero-order chi connectivity index (χ0) is 17.0. The number of halogens is 1. The number of carbonyl (C=O) groups excluding carboxylic acids is 1. The zero-order valence-electron chi connectivity index (χ0n) is 13.3. The Morgan fingerprint density at radius 3 is 2.87 bits per heavy atom. The van der Waals surface area contributed by atoms with E-state index in [1.54, 1.807) is 29.8 Å². The highest BCUT2D eigenvalue weighted by Crippen LogP contribution is 2.15. The third-order valence-electron chi connectivity index (χ3n) is 3.70. The summed E-state index contributed by atoms with van der Waals surface area (Å²) in [5.74, 6) is -1.81. The maximum Gasteiger partial charge on any atom is 0.317 e. The van der Waals surface area contributed by atoms with Crippen LogP contribution in [0.15, 0.2) is 18.2 Å². The largest absolute Gasteiger partial charge is 0.480 e. The lowest BCUT2D eigenvalue weighted by Gasteiger charge is -2.34. The number of carboxylic acid groups (broad SMARTS) is 1. The Bertz CT molecular complexity index is 593. The summed E-state index contributed by atoms with van der Waals surface area (Å²) in [6.45, 7) is 3.12. The van der Waals surface area contributed by atoms with E-state index in [0.717, 1.165) is 5.56 Å². The number of aryl methyl sites for hydroxylation is 1. The van der Waals surface area contributed by atoms with Crippen LogP contribution in [-0.4, -0.2) is 72.7 Å². The van der Waals surface area contributed by atoms with Crippen LogP contribution in [-0.2, 0) is 9.53 Å². The molecule has 23 heavy (non-hydrogen) atoms. The minimum atomic E-state index is -0.919.